The fourth-order valence-electron chi connectivity index (χ4n) is 4.40. The molecular weight excluding hydrogens is 407 g/mol. The lowest BCUT2D eigenvalue weighted by molar-refractivity contribution is -0.0991. The predicted octanol–water partition coefficient (Wildman–Crippen LogP) is 4.58. The van der Waals surface area contributed by atoms with Gasteiger partial charge in [-0.1, -0.05) is 18.2 Å². The predicted molar refractivity (Wildman–Crippen MR) is 113 cm³/mol. The molecule has 0 spiro atoms. The molecule has 0 bridgehead atoms. The summed E-state index contributed by atoms with van der Waals surface area (Å²) >= 11 is 0. The molecule has 3 atom stereocenters. The number of ether oxygens (including phenoxy) is 2. The van der Waals surface area contributed by atoms with Crippen LogP contribution in [0, 0.1) is 11.7 Å². The molecule has 2 aliphatic rings. The lowest BCUT2D eigenvalue weighted by Crippen LogP contribution is -2.45. The molecule has 2 aromatic carbocycles. The van der Waals surface area contributed by atoms with Gasteiger partial charge in [0.1, 0.15) is 24.4 Å². The summed E-state index contributed by atoms with van der Waals surface area (Å²) < 4.78 is 53.0. The monoisotopic (exact) mass is 433 g/mol. The molecule has 2 N–H and O–H groups in total. The number of nitrogens with zero attached hydrogens (tertiary/aromatic N) is 2. The van der Waals surface area contributed by atoms with Crippen molar-refractivity contribution in [1.82, 2.24) is 4.90 Å². The summed E-state index contributed by atoms with van der Waals surface area (Å²) in [5.74, 6) is -2.56. The third-order valence-electron chi connectivity index (χ3n) is 5.98. The quantitative estimate of drug-likeness (QED) is 0.436. The number of guanidine groups is 1. The highest BCUT2D eigenvalue weighted by atomic mass is 19.3. The first-order valence-electron chi connectivity index (χ1n) is 10.2. The minimum atomic E-state index is -2.76. The number of rotatable bonds is 4. The van der Waals surface area contributed by atoms with Crippen LogP contribution in [0.4, 0.5) is 13.2 Å². The van der Waals surface area contributed by atoms with E-state index in [0.29, 0.717) is 11.3 Å². The molecule has 0 amide bonds. The summed E-state index contributed by atoms with van der Waals surface area (Å²) in [5.41, 5.74) is 8.47. The van der Waals surface area contributed by atoms with Crippen LogP contribution >= 0.6 is 0 Å². The molecule has 0 aromatic heterocycles. The molecule has 31 heavy (non-hydrogen) atoms. The fraction of sp³-hybridized carbons (Fsp3) is 0.435. The first-order valence-corrected chi connectivity index (χ1v) is 10.2. The van der Waals surface area contributed by atoms with Crippen LogP contribution in [0.1, 0.15) is 30.9 Å². The molecule has 1 heterocycles. The van der Waals surface area contributed by atoms with Crippen molar-refractivity contribution in [3.05, 3.63) is 53.8 Å². The second-order valence-electron chi connectivity index (χ2n) is 8.23. The van der Waals surface area contributed by atoms with Gasteiger partial charge in [-0.25, -0.2) is 18.2 Å². The van der Waals surface area contributed by atoms with Gasteiger partial charge in [0.2, 0.25) is 0 Å². The highest BCUT2D eigenvalue weighted by molar-refractivity contribution is 5.78. The van der Waals surface area contributed by atoms with Crippen LogP contribution in [-0.2, 0) is 4.74 Å². The zero-order chi connectivity index (χ0) is 22.2. The Morgan fingerprint density at radius 1 is 1.26 bits per heavy atom. The van der Waals surface area contributed by atoms with Crippen molar-refractivity contribution in [2.24, 2.45) is 16.6 Å². The van der Waals surface area contributed by atoms with E-state index in [4.69, 9.17) is 20.2 Å². The Morgan fingerprint density at radius 2 is 2.03 bits per heavy atom. The third kappa shape index (κ3) is 4.49. The molecule has 1 aliphatic heterocycles. The minimum Gasteiger partial charge on any atom is -0.489 e. The van der Waals surface area contributed by atoms with Crippen molar-refractivity contribution >= 4 is 5.96 Å². The van der Waals surface area contributed by atoms with Gasteiger partial charge in [-0.2, -0.15) is 0 Å². The number of nitrogens with two attached hydrogens (primary N) is 1. The van der Waals surface area contributed by atoms with Gasteiger partial charge in [-0.05, 0) is 41.8 Å². The van der Waals surface area contributed by atoms with Gasteiger partial charge < -0.3 is 20.1 Å². The molecule has 166 valence electrons. The first kappa shape index (κ1) is 21.5. The molecule has 1 fully saturated rings. The van der Waals surface area contributed by atoms with E-state index < -0.39 is 18.1 Å². The van der Waals surface area contributed by atoms with Crippen molar-refractivity contribution < 1.29 is 22.6 Å². The van der Waals surface area contributed by atoms with Crippen LogP contribution in [0.25, 0.3) is 11.1 Å². The maximum Gasteiger partial charge on any atom is 0.251 e. The second-order valence-corrected chi connectivity index (χ2v) is 8.23. The van der Waals surface area contributed by atoms with Crippen molar-refractivity contribution in [3.63, 3.8) is 0 Å². The Labute approximate surface area is 179 Å². The van der Waals surface area contributed by atoms with Gasteiger partial charge in [-0.15, -0.1) is 0 Å². The molecule has 0 saturated heterocycles. The number of benzene rings is 2. The van der Waals surface area contributed by atoms with Crippen LogP contribution in [0.15, 0.2) is 47.5 Å². The van der Waals surface area contributed by atoms with E-state index in [1.54, 1.807) is 37.3 Å². The second kappa shape index (κ2) is 8.42. The van der Waals surface area contributed by atoms with Gasteiger partial charge in [0.25, 0.3) is 5.92 Å². The summed E-state index contributed by atoms with van der Waals surface area (Å²) in [7, 11) is 3.30. The van der Waals surface area contributed by atoms with Gasteiger partial charge in [0.05, 0.1) is 6.04 Å². The maximum atomic E-state index is 14.1. The number of alkyl halides is 2. The fourth-order valence-corrected chi connectivity index (χ4v) is 4.40. The first-order chi connectivity index (χ1) is 14.8. The number of hydrogen-bond donors (Lipinski definition) is 1. The highest BCUT2D eigenvalue weighted by Gasteiger charge is 2.48. The molecule has 1 aliphatic carbocycles. The van der Waals surface area contributed by atoms with E-state index in [2.05, 4.69) is 0 Å². The minimum absolute atomic E-state index is 0.212. The number of fused-ring (bicyclic) bond motifs is 2. The zero-order valence-corrected chi connectivity index (χ0v) is 17.5. The SMILES string of the molecule is COCN(C)C(N)=NC1c2cc(-c3cccc(F)c3)ccc2OC2CC(F)(F)CCC21. The molecular formula is C23H26F3N3O2. The Hall–Kier alpha value is -2.74. The summed E-state index contributed by atoms with van der Waals surface area (Å²) in [4.78, 5) is 6.37. The van der Waals surface area contributed by atoms with Crippen LogP contribution in [-0.4, -0.2) is 43.8 Å². The van der Waals surface area contributed by atoms with Crippen LogP contribution in [0.2, 0.25) is 0 Å². The molecule has 4 rings (SSSR count). The zero-order valence-electron chi connectivity index (χ0n) is 17.5. The van der Waals surface area contributed by atoms with Crippen molar-refractivity contribution in [2.75, 3.05) is 20.9 Å². The van der Waals surface area contributed by atoms with Crippen molar-refractivity contribution in [1.29, 1.82) is 0 Å². The van der Waals surface area contributed by atoms with Crippen LogP contribution in [0.5, 0.6) is 5.75 Å². The topological polar surface area (TPSA) is 60.1 Å². The smallest absolute Gasteiger partial charge is 0.251 e. The lowest BCUT2D eigenvalue weighted by Gasteiger charge is -2.43. The molecule has 5 nitrogen and oxygen atoms in total. The average molecular weight is 433 g/mol. The van der Waals surface area contributed by atoms with E-state index >= 15 is 0 Å². The maximum absolute atomic E-state index is 14.1. The van der Waals surface area contributed by atoms with E-state index in [1.807, 2.05) is 12.1 Å². The Kier molecular flexibility index (Phi) is 5.83. The van der Waals surface area contributed by atoms with Gasteiger partial charge in [0, 0.05) is 38.5 Å². The molecule has 1 saturated carbocycles. The summed E-state index contributed by atoms with van der Waals surface area (Å²) in [6.07, 6.45) is -0.930. The van der Waals surface area contributed by atoms with Gasteiger partial charge in [-0.3, -0.25) is 0 Å². The number of methoxy groups -OCH3 is 1. The normalized spacial score (nSPS) is 24.7. The highest BCUT2D eigenvalue weighted by Crippen LogP contribution is 2.50. The van der Waals surface area contributed by atoms with Gasteiger partial charge >= 0.3 is 0 Å². The van der Waals surface area contributed by atoms with E-state index in [1.165, 1.54) is 12.1 Å². The van der Waals surface area contributed by atoms with E-state index in [-0.39, 0.29) is 43.7 Å². The number of aliphatic imine (C=N–C) groups is 1. The molecule has 0 radical (unpaired) electrons. The number of halogens is 3. The Morgan fingerprint density at radius 3 is 2.77 bits per heavy atom. The van der Waals surface area contributed by atoms with Crippen LogP contribution in [0.3, 0.4) is 0 Å². The Bertz CT molecular complexity index is 982. The molecule has 8 heteroatoms. The largest absolute Gasteiger partial charge is 0.489 e. The van der Waals surface area contributed by atoms with E-state index in [0.717, 1.165) is 11.1 Å². The average Bonchev–Trinajstić information content (AvgIpc) is 2.72. The molecule has 3 unspecified atom stereocenters. The lowest BCUT2D eigenvalue weighted by atomic mass is 9.75. The van der Waals surface area contributed by atoms with E-state index in [9.17, 15) is 13.2 Å². The van der Waals surface area contributed by atoms with Crippen LogP contribution < -0.4 is 10.5 Å². The molecule has 2 aromatic rings. The number of hydrogen-bond acceptors (Lipinski definition) is 3. The van der Waals surface area contributed by atoms with Gasteiger partial charge in [0.15, 0.2) is 5.96 Å². The summed E-state index contributed by atoms with van der Waals surface area (Å²) in [6, 6.07) is 11.3. The third-order valence-corrected chi connectivity index (χ3v) is 5.98. The Balaban J connectivity index is 1.77. The van der Waals surface area contributed by atoms with Crippen molar-refractivity contribution in [2.45, 2.75) is 37.3 Å². The summed E-state index contributed by atoms with van der Waals surface area (Å²) in [6.45, 7) is 0.251. The standard InChI is InChI=1S/C23H26F3N3O2/c1-29(13-30-2)22(27)28-21-17-8-9-23(25,26)12-20(17)31-19-7-6-15(11-18(19)21)14-4-3-5-16(24)10-14/h3-7,10-11,17,20-21H,8-9,12-13H2,1-2H3,(H2,27,28). The van der Waals surface area contributed by atoms with Crippen molar-refractivity contribution in [3.8, 4) is 16.9 Å². The summed E-state index contributed by atoms with van der Waals surface area (Å²) in [5, 5.41) is 0.